The van der Waals surface area contributed by atoms with E-state index in [4.69, 9.17) is 5.73 Å². The second kappa shape index (κ2) is 6.72. The maximum Gasteiger partial charge on any atom is 0.154 e. The summed E-state index contributed by atoms with van der Waals surface area (Å²) in [7, 11) is -3.04. The van der Waals surface area contributed by atoms with Gasteiger partial charge in [0.25, 0.3) is 0 Å². The van der Waals surface area contributed by atoms with Crippen LogP contribution in [0.25, 0.3) is 0 Å². The van der Waals surface area contributed by atoms with Crippen molar-refractivity contribution in [3.8, 4) is 0 Å². The van der Waals surface area contributed by atoms with E-state index in [-0.39, 0.29) is 17.0 Å². The van der Waals surface area contributed by atoms with E-state index in [0.717, 1.165) is 29.8 Å². The SMILES string of the molecule is CCc1nn(CCS(=O)(=O)C(C)C)c(CC)c1C(C)N. The average molecular weight is 301 g/mol. The monoisotopic (exact) mass is 301 g/mol. The predicted octanol–water partition coefficient (Wildman–Crippen LogP) is 1.85. The van der Waals surface area contributed by atoms with Crippen molar-refractivity contribution in [1.29, 1.82) is 0 Å². The summed E-state index contributed by atoms with van der Waals surface area (Å²) in [6, 6.07) is -0.0737. The van der Waals surface area contributed by atoms with E-state index in [1.807, 2.05) is 18.5 Å². The second-order valence-corrected chi connectivity index (χ2v) is 8.12. The summed E-state index contributed by atoms with van der Waals surface area (Å²) in [5, 5.41) is 4.21. The van der Waals surface area contributed by atoms with Crippen LogP contribution in [0.3, 0.4) is 0 Å². The summed E-state index contributed by atoms with van der Waals surface area (Å²) < 4.78 is 25.7. The lowest BCUT2D eigenvalue weighted by Crippen LogP contribution is -2.22. The molecule has 1 rings (SSSR count). The third kappa shape index (κ3) is 3.61. The molecule has 0 aliphatic carbocycles. The molecule has 1 aromatic heterocycles. The van der Waals surface area contributed by atoms with Crippen molar-refractivity contribution >= 4 is 9.84 Å². The molecule has 0 spiro atoms. The number of rotatable bonds is 7. The minimum atomic E-state index is -3.04. The maximum atomic E-state index is 11.9. The Kier molecular flexibility index (Phi) is 5.77. The lowest BCUT2D eigenvalue weighted by molar-refractivity contribution is 0.565. The fourth-order valence-electron chi connectivity index (χ4n) is 2.36. The number of nitrogens with zero attached hydrogens (tertiary/aromatic N) is 2. The first kappa shape index (κ1) is 17.2. The van der Waals surface area contributed by atoms with Crippen molar-refractivity contribution < 1.29 is 8.42 Å². The van der Waals surface area contributed by atoms with Crippen molar-refractivity contribution in [1.82, 2.24) is 9.78 Å². The molecule has 0 amide bonds. The molecular weight excluding hydrogens is 274 g/mol. The summed E-state index contributed by atoms with van der Waals surface area (Å²) in [5.74, 6) is 0.126. The van der Waals surface area contributed by atoms with Crippen LogP contribution >= 0.6 is 0 Å². The fourth-order valence-corrected chi connectivity index (χ4v) is 3.26. The molecule has 6 heteroatoms. The minimum absolute atomic E-state index is 0.0737. The lowest BCUT2D eigenvalue weighted by atomic mass is 10.0. The van der Waals surface area contributed by atoms with Gasteiger partial charge in [0.2, 0.25) is 0 Å². The molecule has 20 heavy (non-hydrogen) atoms. The summed E-state index contributed by atoms with van der Waals surface area (Å²) in [6.45, 7) is 9.88. The minimum Gasteiger partial charge on any atom is -0.324 e. The molecule has 0 radical (unpaired) electrons. The zero-order chi connectivity index (χ0) is 15.5. The van der Waals surface area contributed by atoms with Gasteiger partial charge >= 0.3 is 0 Å². The topological polar surface area (TPSA) is 78.0 Å². The van der Waals surface area contributed by atoms with Gasteiger partial charge in [0.1, 0.15) is 0 Å². The Hall–Kier alpha value is -0.880. The lowest BCUT2D eigenvalue weighted by Gasteiger charge is -2.11. The summed E-state index contributed by atoms with van der Waals surface area (Å²) in [6.07, 6.45) is 1.62. The average Bonchev–Trinajstić information content (AvgIpc) is 2.74. The first-order valence-electron chi connectivity index (χ1n) is 7.30. The van der Waals surface area contributed by atoms with Crippen molar-refractivity contribution in [3.63, 3.8) is 0 Å². The summed E-state index contributed by atoms with van der Waals surface area (Å²) in [5.41, 5.74) is 9.17. The molecule has 0 aromatic carbocycles. The summed E-state index contributed by atoms with van der Waals surface area (Å²) in [4.78, 5) is 0. The van der Waals surface area contributed by atoms with Crippen molar-refractivity contribution in [2.75, 3.05) is 5.75 Å². The van der Waals surface area contributed by atoms with Gasteiger partial charge in [-0.1, -0.05) is 13.8 Å². The standard InChI is InChI=1S/C14H27N3O2S/c1-6-12-14(11(5)15)13(7-2)17(16-12)8-9-20(18,19)10(3)4/h10-11H,6-9,15H2,1-5H3. The molecule has 1 atom stereocenters. The second-order valence-electron chi connectivity index (χ2n) is 5.44. The van der Waals surface area contributed by atoms with Crippen LogP contribution in [0.5, 0.6) is 0 Å². The van der Waals surface area contributed by atoms with Gasteiger partial charge in [0.05, 0.1) is 23.2 Å². The van der Waals surface area contributed by atoms with Crippen molar-refractivity contribution in [3.05, 3.63) is 17.0 Å². The third-order valence-electron chi connectivity index (χ3n) is 3.61. The van der Waals surface area contributed by atoms with Crippen LogP contribution in [0.4, 0.5) is 0 Å². The van der Waals surface area contributed by atoms with E-state index < -0.39 is 9.84 Å². The van der Waals surface area contributed by atoms with Crippen LogP contribution in [-0.2, 0) is 29.2 Å². The van der Waals surface area contributed by atoms with Gasteiger partial charge in [-0.05, 0) is 33.6 Å². The van der Waals surface area contributed by atoms with Crippen LogP contribution in [0.2, 0.25) is 0 Å². The molecule has 0 saturated carbocycles. The zero-order valence-corrected chi connectivity index (χ0v) is 14.0. The van der Waals surface area contributed by atoms with E-state index >= 15 is 0 Å². The van der Waals surface area contributed by atoms with Crippen molar-refractivity contribution in [2.45, 2.75) is 65.3 Å². The first-order chi connectivity index (χ1) is 9.24. The van der Waals surface area contributed by atoms with Crippen LogP contribution in [-0.4, -0.2) is 29.2 Å². The Bertz CT molecular complexity index is 545. The number of sulfone groups is 1. The Morgan fingerprint density at radius 1 is 1.20 bits per heavy atom. The molecule has 0 fully saturated rings. The highest BCUT2D eigenvalue weighted by Crippen LogP contribution is 2.22. The third-order valence-corrected chi connectivity index (χ3v) is 5.79. The number of aromatic nitrogens is 2. The van der Waals surface area contributed by atoms with E-state index in [9.17, 15) is 8.42 Å². The number of hydrogen-bond donors (Lipinski definition) is 1. The molecule has 1 aromatic rings. The van der Waals surface area contributed by atoms with Gasteiger partial charge in [-0.15, -0.1) is 0 Å². The first-order valence-corrected chi connectivity index (χ1v) is 9.01. The fraction of sp³-hybridized carbons (Fsp3) is 0.786. The Balaban J connectivity index is 3.08. The number of hydrogen-bond acceptors (Lipinski definition) is 4. The largest absolute Gasteiger partial charge is 0.324 e. The van der Waals surface area contributed by atoms with Crippen LogP contribution < -0.4 is 5.73 Å². The predicted molar refractivity (Wildman–Crippen MR) is 82.5 cm³/mol. The molecule has 0 bridgehead atoms. The Labute approximate surface area is 122 Å². The quantitative estimate of drug-likeness (QED) is 0.833. The van der Waals surface area contributed by atoms with Gasteiger partial charge < -0.3 is 5.73 Å². The van der Waals surface area contributed by atoms with E-state index in [0.29, 0.717) is 6.54 Å². The maximum absolute atomic E-state index is 11.9. The molecule has 0 aliphatic rings. The molecule has 116 valence electrons. The van der Waals surface area contributed by atoms with E-state index in [2.05, 4.69) is 12.0 Å². The van der Waals surface area contributed by atoms with Crippen LogP contribution in [0.1, 0.15) is 57.6 Å². The van der Waals surface area contributed by atoms with Gasteiger partial charge in [-0.2, -0.15) is 5.10 Å². The Morgan fingerprint density at radius 3 is 2.20 bits per heavy atom. The Morgan fingerprint density at radius 2 is 1.80 bits per heavy atom. The van der Waals surface area contributed by atoms with Gasteiger partial charge in [0.15, 0.2) is 9.84 Å². The van der Waals surface area contributed by atoms with Crippen LogP contribution in [0, 0.1) is 0 Å². The van der Waals surface area contributed by atoms with E-state index in [1.165, 1.54) is 0 Å². The molecule has 0 saturated heterocycles. The molecule has 2 N–H and O–H groups in total. The van der Waals surface area contributed by atoms with Crippen LogP contribution in [0.15, 0.2) is 0 Å². The smallest absolute Gasteiger partial charge is 0.154 e. The molecule has 1 unspecified atom stereocenters. The summed E-state index contributed by atoms with van der Waals surface area (Å²) >= 11 is 0. The molecular formula is C14H27N3O2S. The van der Waals surface area contributed by atoms with E-state index in [1.54, 1.807) is 13.8 Å². The van der Waals surface area contributed by atoms with Crippen molar-refractivity contribution in [2.24, 2.45) is 5.73 Å². The van der Waals surface area contributed by atoms with Gasteiger partial charge in [-0.25, -0.2) is 8.42 Å². The normalized spacial score (nSPS) is 13.9. The highest BCUT2D eigenvalue weighted by Gasteiger charge is 2.21. The highest BCUT2D eigenvalue weighted by atomic mass is 32.2. The zero-order valence-electron chi connectivity index (χ0n) is 13.2. The number of nitrogens with two attached hydrogens (primary N) is 1. The highest BCUT2D eigenvalue weighted by molar-refractivity contribution is 7.91. The molecule has 0 aliphatic heterocycles. The molecule has 5 nitrogen and oxygen atoms in total. The van der Waals surface area contributed by atoms with Gasteiger partial charge in [-0.3, -0.25) is 4.68 Å². The van der Waals surface area contributed by atoms with Gasteiger partial charge in [0, 0.05) is 17.3 Å². The number of aryl methyl sites for hydroxylation is 2. The molecule has 1 heterocycles.